The first-order valence-corrected chi connectivity index (χ1v) is 4.85. The average molecular weight is 206 g/mol. The van der Waals surface area contributed by atoms with Gasteiger partial charge in [0.15, 0.2) is 5.65 Å². The Balaban J connectivity index is 2.72. The van der Waals surface area contributed by atoms with Gasteiger partial charge in [-0.25, -0.2) is 0 Å². The number of aromatic amines is 1. The Morgan fingerprint density at radius 2 is 2.00 bits per heavy atom. The third kappa shape index (κ3) is 1.65. The molecule has 0 aromatic carbocycles. The average Bonchev–Trinajstić information content (AvgIpc) is 2.47. The zero-order valence-electron chi connectivity index (χ0n) is 9.33. The minimum Gasteiger partial charge on any atom is -0.304 e. The van der Waals surface area contributed by atoms with Gasteiger partial charge in [0.2, 0.25) is 0 Å². The zero-order valence-corrected chi connectivity index (χ0v) is 9.33. The van der Waals surface area contributed by atoms with Crippen LogP contribution in [0.2, 0.25) is 0 Å². The van der Waals surface area contributed by atoms with Crippen LogP contribution in [-0.4, -0.2) is 19.8 Å². The normalized spacial score (nSPS) is 12.3. The molecule has 0 atom stereocenters. The number of aromatic nitrogens is 4. The molecule has 0 aliphatic rings. The highest BCUT2D eigenvalue weighted by Crippen LogP contribution is 2.20. The minimum atomic E-state index is -0.164. The molecule has 0 aliphatic carbocycles. The molecule has 0 aliphatic heterocycles. The highest BCUT2D eigenvalue weighted by Gasteiger charge is 2.18. The number of nitrogens with one attached hydrogen (secondary N) is 1. The number of hydrogen-bond acceptors (Lipinski definition) is 3. The van der Waals surface area contributed by atoms with Crippen molar-refractivity contribution in [2.75, 3.05) is 0 Å². The maximum atomic E-state index is 11.3. The first-order chi connectivity index (χ1) is 6.88. The standard InChI is InChI=1S/C10H14N4O/c1-6-9(15)11-8-5-7(10(2,3)4)13-14(8)12-6/h5H,1-4H3,(H,11,15). The monoisotopic (exact) mass is 206 g/mol. The molecule has 15 heavy (non-hydrogen) atoms. The fourth-order valence-electron chi connectivity index (χ4n) is 1.30. The third-order valence-electron chi connectivity index (χ3n) is 2.27. The number of nitrogens with zero attached hydrogens (tertiary/aromatic N) is 3. The second-order valence-corrected chi connectivity index (χ2v) is 4.69. The van der Waals surface area contributed by atoms with Gasteiger partial charge in [-0.3, -0.25) is 4.79 Å². The Hall–Kier alpha value is -1.65. The molecule has 2 aromatic rings. The summed E-state index contributed by atoms with van der Waals surface area (Å²) in [4.78, 5) is 14.1. The summed E-state index contributed by atoms with van der Waals surface area (Å²) in [5, 5.41) is 8.39. The van der Waals surface area contributed by atoms with Gasteiger partial charge in [0, 0.05) is 11.5 Å². The zero-order chi connectivity index (χ0) is 11.2. The van der Waals surface area contributed by atoms with E-state index in [2.05, 4.69) is 36.0 Å². The molecule has 0 fully saturated rings. The van der Waals surface area contributed by atoms with Crippen LogP contribution in [0.1, 0.15) is 32.2 Å². The van der Waals surface area contributed by atoms with Crippen LogP contribution in [0.3, 0.4) is 0 Å². The molecule has 0 bridgehead atoms. The van der Waals surface area contributed by atoms with Gasteiger partial charge in [0.1, 0.15) is 5.69 Å². The molecule has 2 rings (SSSR count). The minimum absolute atomic E-state index is 0.0432. The van der Waals surface area contributed by atoms with Crippen LogP contribution < -0.4 is 5.56 Å². The molecule has 80 valence electrons. The summed E-state index contributed by atoms with van der Waals surface area (Å²) in [6.45, 7) is 7.87. The summed E-state index contributed by atoms with van der Waals surface area (Å²) in [5.74, 6) is 0. The number of fused-ring (bicyclic) bond motifs is 1. The number of rotatable bonds is 0. The summed E-state index contributed by atoms with van der Waals surface area (Å²) >= 11 is 0. The van der Waals surface area contributed by atoms with Crippen molar-refractivity contribution in [3.05, 3.63) is 27.8 Å². The molecule has 0 saturated carbocycles. The van der Waals surface area contributed by atoms with E-state index >= 15 is 0 Å². The molecule has 0 amide bonds. The van der Waals surface area contributed by atoms with E-state index in [1.165, 1.54) is 4.63 Å². The Labute approximate surface area is 87.1 Å². The van der Waals surface area contributed by atoms with Crippen LogP contribution in [-0.2, 0) is 5.41 Å². The van der Waals surface area contributed by atoms with Crippen molar-refractivity contribution < 1.29 is 0 Å². The molecule has 2 aromatic heterocycles. The Morgan fingerprint density at radius 3 is 2.60 bits per heavy atom. The van der Waals surface area contributed by atoms with Gasteiger partial charge in [0.25, 0.3) is 5.56 Å². The molecule has 2 heterocycles. The van der Waals surface area contributed by atoms with Crippen molar-refractivity contribution in [1.29, 1.82) is 0 Å². The summed E-state index contributed by atoms with van der Waals surface area (Å²) in [6.07, 6.45) is 0. The summed E-state index contributed by atoms with van der Waals surface area (Å²) in [5.41, 5.74) is 1.76. The molecule has 0 radical (unpaired) electrons. The van der Waals surface area contributed by atoms with Gasteiger partial charge in [-0.2, -0.15) is 5.10 Å². The maximum Gasteiger partial charge on any atom is 0.272 e. The second-order valence-electron chi connectivity index (χ2n) is 4.69. The van der Waals surface area contributed by atoms with Crippen molar-refractivity contribution in [3.63, 3.8) is 0 Å². The van der Waals surface area contributed by atoms with E-state index in [1.807, 2.05) is 6.07 Å². The molecule has 0 spiro atoms. The first kappa shape index (κ1) is 9.89. The van der Waals surface area contributed by atoms with Crippen molar-refractivity contribution >= 4 is 5.65 Å². The summed E-state index contributed by atoms with van der Waals surface area (Å²) < 4.78 is 1.47. The Kier molecular flexibility index (Phi) is 1.92. The predicted octanol–water partition coefficient (Wildman–Crippen LogP) is 1.02. The van der Waals surface area contributed by atoms with Crippen molar-refractivity contribution in [2.24, 2.45) is 0 Å². The van der Waals surface area contributed by atoms with Gasteiger partial charge < -0.3 is 4.98 Å². The van der Waals surface area contributed by atoms with Crippen LogP contribution in [0.4, 0.5) is 0 Å². The van der Waals surface area contributed by atoms with E-state index in [0.29, 0.717) is 11.3 Å². The predicted molar refractivity (Wildman–Crippen MR) is 57.0 cm³/mol. The molecular weight excluding hydrogens is 192 g/mol. The SMILES string of the molecule is Cc1nn2nc(C(C)(C)C)cc2[nH]c1=O. The van der Waals surface area contributed by atoms with Gasteiger partial charge in [-0.1, -0.05) is 20.8 Å². The van der Waals surface area contributed by atoms with E-state index in [0.717, 1.165) is 5.69 Å². The molecule has 0 saturated heterocycles. The van der Waals surface area contributed by atoms with E-state index in [-0.39, 0.29) is 11.0 Å². The lowest BCUT2D eigenvalue weighted by Crippen LogP contribution is -2.16. The van der Waals surface area contributed by atoms with E-state index in [4.69, 9.17) is 0 Å². The van der Waals surface area contributed by atoms with Crippen LogP contribution in [0, 0.1) is 6.92 Å². The van der Waals surface area contributed by atoms with E-state index in [1.54, 1.807) is 6.92 Å². The fraction of sp³-hybridized carbons (Fsp3) is 0.500. The lowest BCUT2D eigenvalue weighted by atomic mass is 9.93. The topological polar surface area (TPSA) is 63.1 Å². The highest BCUT2D eigenvalue weighted by atomic mass is 16.1. The van der Waals surface area contributed by atoms with Crippen molar-refractivity contribution in [2.45, 2.75) is 33.1 Å². The Morgan fingerprint density at radius 1 is 1.33 bits per heavy atom. The lowest BCUT2D eigenvalue weighted by molar-refractivity contribution is 0.555. The molecule has 0 unspecified atom stereocenters. The Bertz CT molecular complexity index is 559. The van der Waals surface area contributed by atoms with Crippen LogP contribution in [0.25, 0.3) is 5.65 Å². The number of hydrogen-bond donors (Lipinski definition) is 1. The van der Waals surface area contributed by atoms with Crippen LogP contribution >= 0.6 is 0 Å². The van der Waals surface area contributed by atoms with Crippen LogP contribution in [0.15, 0.2) is 10.9 Å². The number of H-pyrrole nitrogens is 1. The lowest BCUT2D eigenvalue weighted by Gasteiger charge is -2.13. The van der Waals surface area contributed by atoms with Gasteiger partial charge >= 0.3 is 0 Å². The third-order valence-corrected chi connectivity index (χ3v) is 2.27. The first-order valence-electron chi connectivity index (χ1n) is 4.85. The summed E-state index contributed by atoms with van der Waals surface area (Å²) in [7, 11) is 0. The van der Waals surface area contributed by atoms with Crippen molar-refractivity contribution in [1.82, 2.24) is 19.8 Å². The largest absolute Gasteiger partial charge is 0.304 e. The quantitative estimate of drug-likeness (QED) is 0.700. The molecule has 5 heteroatoms. The molecule has 5 nitrogen and oxygen atoms in total. The molecule has 1 N–H and O–H groups in total. The van der Waals surface area contributed by atoms with Gasteiger partial charge in [0.05, 0.1) is 5.69 Å². The smallest absolute Gasteiger partial charge is 0.272 e. The van der Waals surface area contributed by atoms with E-state index < -0.39 is 0 Å². The van der Waals surface area contributed by atoms with Crippen molar-refractivity contribution in [3.8, 4) is 0 Å². The van der Waals surface area contributed by atoms with Crippen LogP contribution in [0.5, 0.6) is 0 Å². The van der Waals surface area contributed by atoms with E-state index in [9.17, 15) is 4.79 Å². The fourth-order valence-corrected chi connectivity index (χ4v) is 1.30. The maximum absolute atomic E-state index is 11.3. The van der Waals surface area contributed by atoms with Gasteiger partial charge in [-0.05, 0) is 6.92 Å². The second kappa shape index (κ2) is 2.92. The highest BCUT2D eigenvalue weighted by molar-refractivity contribution is 5.39. The molecular formula is C10H14N4O. The van der Waals surface area contributed by atoms with Gasteiger partial charge in [-0.15, -0.1) is 9.73 Å². The number of aryl methyl sites for hydroxylation is 1. The summed E-state index contributed by atoms with van der Waals surface area (Å²) in [6, 6.07) is 1.86.